The number of rotatable bonds is 0. The summed E-state index contributed by atoms with van der Waals surface area (Å²) >= 11 is 0. The molecule has 0 bridgehead atoms. The zero-order valence-corrected chi connectivity index (χ0v) is 4.91. The molecule has 0 unspecified atom stereocenters. The fourth-order valence-corrected chi connectivity index (χ4v) is 1.21. The molecule has 0 N–H and O–H groups in total. The van der Waals surface area contributed by atoms with Crippen molar-refractivity contribution in [2.45, 2.75) is 6.67 Å². The van der Waals surface area contributed by atoms with Crippen LogP contribution in [0.15, 0.2) is 16.0 Å². The molecule has 4 nitrogen and oxygen atoms in total. The van der Waals surface area contributed by atoms with Crippen molar-refractivity contribution in [3.8, 4) is 0 Å². The molecule has 0 radical (unpaired) electrons. The lowest BCUT2D eigenvalue weighted by Gasteiger charge is -1.82. The zero-order valence-electron chi connectivity index (χ0n) is 4.02. The van der Waals surface area contributed by atoms with Crippen LogP contribution in [0.1, 0.15) is 0 Å². The SMILES string of the molecule is c1pnn2c1N=NC2. The first-order chi connectivity index (χ1) is 3.97. The fourth-order valence-electron chi connectivity index (χ4n) is 0.594. The van der Waals surface area contributed by atoms with Crippen LogP contribution in [0.25, 0.3) is 0 Å². The van der Waals surface area contributed by atoms with Gasteiger partial charge >= 0.3 is 0 Å². The third-order valence-electron chi connectivity index (χ3n) is 0.968. The maximum Gasteiger partial charge on any atom is 0.179 e. The standard InChI is InChI=1S/C3H3N4P/c1-3-5-4-2-7(3)6-8-1/h1H,2H2. The minimum absolute atomic E-state index is 0.610. The second kappa shape index (κ2) is 1.36. The summed E-state index contributed by atoms with van der Waals surface area (Å²) in [6, 6.07) is 0. The van der Waals surface area contributed by atoms with Crippen molar-refractivity contribution in [2.75, 3.05) is 0 Å². The molecule has 0 saturated carbocycles. The van der Waals surface area contributed by atoms with Crippen LogP contribution in [0.4, 0.5) is 5.82 Å². The van der Waals surface area contributed by atoms with Crippen LogP contribution in [0, 0.1) is 0 Å². The van der Waals surface area contributed by atoms with Crippen LogP contribution < -0.4 is 0 Å². The third-order valence-corrected chi connectivity index (χ3v) is 1.63. The Morgan fingerprint density at radius 1 is 1.75 bits per heavy atom. The van der Waals surface area contributed by atoms with E-state index in [0.29, 0.717) is 6.67 Å². The maximum absolute atomic E-state index is 4.02. The molecule has 0 amide bonds. The fraction of sp³-hybridized carbons (Fsp3) is 0.333. The molecule has 2 rings (SSSR count). The number of aromatic nitrogens is 2. The number of nitrogens with zero attached hydrogens (tertiary/aromatic N) is 4. The molecule has 0 fully saturated rings. The smallest absolute Gasteiger partial charge is 0.179 e. The molecule has 2 heterocycles. The van der Waals surface area contributed by atoms with Crippen molar-refractivity contribution < 1.29 is 0 Å². The summed E-state index contributed by atoms with van der Waals surface area (Å²) in [7, 11) is 0.982. The largest absolute Gasteiger partial charge is 0.218 e. The molecular formula is C3H3N4P. The number of azo groups is 1. The molecule has 1 aliphatic rings. The summed E-state index contributed by atoms with van der Waals surface area (Å²) in [6.07, 6.45) is 0. The molecule has 5 heteroatoms. The van der Waals surface area contributed by atoms with Crippen molar-refractivity contribution in [3.63, 3.8) is 0 Å². The molecule has 8 heavy (non-hydrogen) atoms. The molecule has 0 atom stereocenters. The summed E-state index contributed by atoms with van der Waals surface area (Å²) in [5, 5.41) is 7.56. The Morgan fingerprint density at radius 2 is 2.75 bits per heavy atom. The van der Waals surface area contributed by atoms with E-state index in [9.17, 15) is 0 Å². The van der Waals surface area contributed by atoms with Gasteiger partial charge in [-0.1, -0.05) is 0 Å². The Kier molecular flexibility index (Phi) is 0.704. The Balaban J connectivity index is 2.67. The summed E-state index contributed by atoms with van der Waals surface area (Å²) in [6.45, 7) is 0.610. The van der Waals surface area contributed by atoms with E-state index in [0.717, 1.165) is 14.2 Å². The van der Waals surface area contributed by atoms with E-state index in [1.807, 2.05) is 5.80 Å². The van der Waals surface area contributed by atoms with E-state index in [2.05, 4.69) is 15.1 Å². The van der Waals surface area contributed by atoms with Crippen molar-refractivity contribution in [2.24, 2.45) is 10.2 Å². The van der Waals surface area contributed by atoms with Crippen LogP contribution in [-0.4, -0.2) is 9.54 Å². The summed E-state index contributed by atoms with van der Waals surface area (Å²) in [4.78, 5) is 4.02. The van der Waals surface area contributed by atoms with Gasteiger partial charge in [-0.25, -0.2) is 4.68 Å². The third kappa shape index (κ3) is 0.406. The van der Waals surface area contributed by atoms with Gasteiger partial charge in [-0.15, -0.1) is 9.98 Å². The molecule has 1 aromatic heterocycles. The predicted octanol–water partition coefficient (Wildman–Crippen LogP) is 1.52. The van der Waals surface area contributed by atoms with Gasteiger partial charge in [0.1, 0.15) is 0 Å². The highest BCUT2D eigenvalue weighted by Gasteiger charge is 2.04. The van der Waals surface area contributed by atoms with Crippen molar-refractivity contribution in [1.82, 2.24) is 9.54 Å². The number of hydrogen-bond acceptors (Lipinski definition) is 3. The van der Waals surface area contributed by atoms with E-state index in [4.69, 9.17) is 0 Å². The van der Waals surface area contributed by atoms with Gasteiger partial charge in [0.15, 0.2) is 12.5 Å². The van der Waals surface area contributed by atoms with Gasteiger partial charge in [0, 0.05) is 5.80 Å². The lowest BCUT2D eigenvalue weighted by molar-refractivity contribution is 0.694. The molecule has 1 aliphatic heterocycles. The van der Waals surface area contributed by atoms with E-state index in [1.54, 1.807) is 4.68 Å². The second-order valence-corrected chi connectivity index (χ2v) is 2.14. The second-order valence-electron chi connectivity index (χ2n) is 1.47. The molecule has 1 aromatic rings. The minimum atomic E-state index is 0.610. The van der Waals surface area contributed by atoms with Crippen LogP contribution in [0.5, 0.6) is 0 Å². The van der Waals surface area contributed by atoms with Gasteiger partial charge < -0.3 is 0 Å². The highest BCUT2D eigenvalue weighted by atomic mass is 31.0. The highest BCUT2D eigenvalue weighted by molar-refractivity contribution is 7.24. The van der Waals surface area contributed by atoms with Gasteiger partial charge in [0.05, 0.1) is 8.35 Å². The summed E-state index contributed by atoms with van der Waals surface area (Å²) < 4.78 is 1.78. The minimum Gasteiger partial charge on any atom is -0.218 e. The molecular weight excluding hydrogens is 123 g/mol. The monoisotopic (exact) mass is 126 g/mol. The Bertz CT molecular complexity index is 227. The average Bonchev–Trinajstić information content (AvgIpc) is 2.15. The van der Waals surface area contributed by atoms with Gasteiger partial charge in [-0.3, -0.25) is 0 Å². The lowest BCUT2D eigenvalue weighted by atomic mass is 10.8. The van der Waals surface area contributed by atoms with E-state index in [-0.39, 0.29) is 0 Å². The molecule has 0 saturated heterocycles. The van der Waals surface area contributed by atoms with Gasteiger partial charge in [-0.05, 0) is 0 Å². The van der Waals surface area contributed by atoms with Crippen LogP contribution in [0.2, 0.25) is 0 Å². The lowest BCUT2D eigenvalue weighted by Crippen LogP contribution is -1.88. The predicted molar refractivity (Wildman–Crippen MR) is 29.3 cm³/mol. The van der Waals surface area contributed by atoms with Gasteiger partial charge in [-0.2, -0.15) is 5.11 Å². The summed E-state index contributed by atoms with van der Waals surface area (Å²) in [5.74, 6) is 2.82. The van der Waals surface area contributed by atoms with Crippen LogP contribution >= 0.6 is 8.35 Å². The molecule has 0 aromatic carbocycles. The van der Waals surface area contributed by atoms with Crippen molar-refractivity contribution in [3.05, 3.63) is 5.80 Å². The Hall–Kier alpha value is -0.760. The zero-order chi connectivity index (χ0) is 5.40. The van der Waals surface area contributed by atoms with Gasteiger partial charge in [0.25, 0.3) is 0 Å². The average molecular weight is 126 g/mol. The highest BCUT2D eigenvalue weighted by Crippen LogP contribution is 2.21. The quantitative estimate of drug-likeness (QED) is 0.519. The Morgan fingerprint density at radius 3 is 3.62 bits per heavy atom. The van der Waals surface area contributed by atoms with Crippen LogP contribution in [0.3, 0.4) is 0 Å². The Labute approximate surface area is 47.4 Å². The normalized spacial score (nSPS) is 15.5. The first-order valence-electron chi connectivity index (χ1n) is 2.23. The number of fused-ring (bicyclic) bond motifs is 1. The van der Waals surface area contributed by atoms with E-state index < -0.39 is 0 Å². The van der Waals surface area contributed by atoms with Gasteiger partial charge in [0.2, 0.25) is 0 Å². The maximum atomic E-state index is 4.02. The van der Waals surface area contributed by atoms with Crippen molar-refractivity contribution in [1.29, 1.82) is 0 Å². The van der Waals surface area contributed by atoms with Crippen molar-refractivity contribution >= 4 is 14.2 Å². The molecule has 0 spiro atoms. The van der Waals surface area contributed by atoms with E-state index >= 15 is 0 Å². The first-order valence-corrected chi connectivity index (χ1v) is 3.14. The molecule has 40 valence electrons. The topological polar surface area (TPSA) is 42.5 Å². The number of hydrogen-bond donors (Lipinski definition) is 0. The first kappa shape index (κ1) is 4.15. The summed E-state index contributed by atoms with van der Waals surface area (Å²) in [5.41, 5.74) is 0. The van der Waals surface area contributed by atoms with Crippen LogP contribution in [-0.2, 0) is 6.67 Å². The molecule has 0 aliphatic carbocycles. The van der Waals surface area contributed by atoms with E-state index in [1.165, 1.54) is 0 Å².